The van der Waals surface area contributed by atoms with Gasteiger partial charge in [0.05, 0.1) is 6.10 Å². The number of nitrogens with one attached hydrogen (secondary N) is 1. The average Bonchev–Trinajstić information content (AvgIpc) is 2.27. The van der Waals surface area contributed by atoms with Gasteiger partial charge in [0.25, 0.3) is 0 Å². The molecule has 0 bridgehead atoms. The van der Waals surface area contributed by atoms with Crippen molar-refractivity contribution in [2.24, 2.45) is 0 Å². The second kappa shape index (κ2) is 6.47. The predicted octanol–water partition coefficient (Wildman–Crippen LogP) is 2.55. The summed E-state index contributed by atoms with van der Waals surface area (Å²) in [6.45, 7) is 4.90. The molecule has 0 aliphatic rings. The third kappa shape index (κ3) is 4.63. The van der Waals surface area contributed by atoms with Gasteiger partial charge in [0.1, 0.15) is 0 Å². The summed E-state index contributed by atoms with van der Waals surface area (Å²) >= 11 is 0. The largest absolute Gasteiger partial charge is 0.387 e. The Morgan fingerprint density at radius 3 is 2.65 bits per heavy atom. The molecule has 1 atom stereocenters. The Labute approximate surface area is 100.0 Å². The summed E-state index contributed by atoms with van der Waals surface area (Å²) in [5.41, 5.74) is 1.55. The van der Waals surface area contributed by atoms with Crippen molar-refractivity contribution in [3.63, 3.8) is 0 Å². The van der Waals surface area contributed by atoms with Gasteiger partial charge in [0, 0.05) is 13.1 Å². The minimum Gasteiger partial charge on any atom is -0.387 e. The number of hydrogen-bond acceptors (Lipinski definition) is 2. The van der Waals surface area contributed by atoms with Crippen LogP contribution in [0.1, 0.15) is 25.5 Å². The van der Waals surface area contributed by atoms with Crippen LogP contribution >= 0.6 is 0 Å². The van der Waals surface area contributed by atoms with Crippen molar-refractivity contribution < 1.29 is 13.9 Å². The second-order valence-corrected chi connectivity index (χ2v) is 4.13. The summed E-state index contributed by atoms with van der Waals surface area (Å²) in [6, 6.07) is 3.41. The molecular weight excluding hydrogens is 224 g/mol. The minimum atomic E-state index is -0.939. The van der Waals surface area contributed by atoms with E-state index in [1.54, 1.807) is 0 Å². The van der Waals surface area contributed by atoms with Crippen LogP contribution in [-0.2, 0) is 0 Å². The van der Waals surface area contributed by atoms with Crippen LogP contribution in [0.2, 0.25) is 0 Å². The molecule has 4 heteroatoms. The second-order valence-electron chi connectivity index (χ2n) is 4.13. The number of allylic oxidation sites excluding steroid dienone is 1. The van der Waals surface area contributed by atoms with Gasteiger partial charge >= 0.3 is 0 Å². The molecule has 0 aliphatic carbocycles. The van der Waals surface area contributed by atoms with E-state index in [0.29, 0.717) is 18.7 Å². The lowest BCUT2D eigenvalue weighted by Gasteiger charge is -2.11. The molecule has 1 rings (SSSR count). The fraction of sp³-hybridized carbons (Fsp3) is 0.385. The maximum atomic E-state index is 12.9. The van der Waals surface area contributed by atoms with Crippen molar-refractivity contribution in [1.29, 1.82) is 0 Å². The molecule has 17 heavy (non-hydrogen) atoms. The summed E-state index contributed by atoms with van der Waals surface area (Å²) in [7, 11) is 0. The summed E-state index contributed by atoms with van der Waals surface area (Å²) in [4.78, 5) is 0. The van der Waals surface area contributed by atoms with Crippen LogP contribution in [0, 0.1) is 11.6 Å². The minimum absolute atomic E-state index is 0.300. The molecule has 94 valence electrons. The van der Waals surface area contributed by atoms with Crippen LogP contribution in [0.25, 0.3) is 0 Å². The highest BCUT2D eigenvalue weighted by Gasteiger charge is 2.09. The number of rotatable bonds is 5. The molecule has 2 nitrogen and oxygen atoms in total. The Kier molecular flexibility index (Phi) is 5.25. The monoisotopic (exact) mass is 241 g/mol. The first-order valence-corrected chi connectivity index (χ1v) is 5.48. The van der Waals surface area contributed by atoms with Gasteiger partial charge in [-0.1, -0.05) is 17.7 Å². The van der Waals surface area contributed by atoms with Gasteiger partial charge in [0.2, 0.25) is 0 Å². The van der Waals surface area contributed by atoms with E-state index in [1.807, 2.05) is 19.9 Å². The molecule has 2 N–H and O–H groups in total. The van der Waals surface area contributed by atoms with Gasteiger partial charge in [-0.05, 0) is 31.5 Å². The van der Waals surface area contributed by atoms with Crippen LogP contribution in [0.3, 0.4) is 0 Å². The SMILES string of the molecule is CC(C)=CCNCC(O)c1ccc(F)c(F)c1. The Balaban J connectivity index is 2.49. The number of hydrogen-bond donors (Lipinski definition) is 2. The Morgan fingerprint density at radius 1 is 1.35 bits per heavy atom. The van der Waals surface area contributed by atoms with Gasteiger partial charge in [-0.15, -0.1) is 0 Å². The van der Waals surface area contributed by atoms with E-state index in [0.717, 1.165) is 12.1 Å². The molecule has 0 aromatic heterocycles. The Hall–Kier alpha value is -1.26. The lowest BCUT2D eigenvalue weighted by Crippen LogP contribution is -2.21. The van der Waals surface area contributed by atoms with Crippen LogP contribution in [0.5, 0.6) is 0 Å². The quantitative estimate of drug-likeness (QED) is 0.613. The molecule has 1 aromatic rings. The number of aliphatic hydroxyl groups is 1. The lowest BCUT2D eigenvalue weighted by atomic mass is 10.1. The zero-order valence-electron chi connectivity index (χ0n) is 10.0. The number of halogens is 2. The predicted molar refractivity (Wildman–Crippen MR) is 63.6 cm³/mol. The lowest BCUT2D eigenvalue weighted by molar-refractivity contribution is 0.175. The van der Waals surface area contributed by atoms with E-state index in [2.05, 4.69) is 5.32 Å². The molecular formula is C13H17F2NO. The van der Waals surface area contributed by atoms with Crippen molar-refractivity contribution in [3.8, 4) is 0 Å². The van der Waals surface area contributed by atoms with E-state index in [4.69, 9.17) is 0 Å². The first-order valence-electron chi connectivity index (χ1n) is 5.48. The highest BCUT2D eigenvalue weighted by molar-refractivity contribution is 5.20. The average molecular weight is 241 g/mol. The first-order chi connectivity index (χ1) is 8.00. The summed E-state index contributed by atoms with van der Waals surface area (Å²) in [6.07, 6.45) is 1.15. The number of benzene rings is 1. The Bertz CT molecular complexity index is 400. The fourth-order valence-corrected chi connectivity index (χ4v) is 1.33. The third-order valence-electron chi connectivity index (χ3n) is 2.32. The van der Waals surface area contributed by atoms with Gasteiger partial charge in [-0.3, -0.25) is 0 Å². The maximum Gasteiger partial charge on any atom is 0.159 e. The zero-order valence-corrected chi connectivity index (χ0v) is 10.0. The molecule has 1 unspecified atom stereocenters. The number of aliphatic hydroxyl groups excluding tert-OH is 1. The molecule has 0 radical (unpaired) electrons. The zero-order chi connectivity index (χ0) is 12.8. The third-order valence-corrected chi connectivity index (χ3v) is 2.32. The van der Waals surface area contributed by atoms with E-state index in [1.165, 1.54) is 11.6 Å². The van der Waals surface area contributed by atoms with Crippen molar-refractivity contribution in [3.05, 3.63) is 47.0 Å². The summed E-state index contributed by atoms with van der Waals surface area (Å²) in [5, 5.41) is 12.7. The van der Waals surface area contributed by atoms with Crippen LogP contribution < -0.4 is 5.32 Å². The normalized spacial score (nSPS) is 12.3. The van der Waals surface area contributed by atoms with E-state index in [-0.39, 0.29) is 0 Å². The molecule has 0 amide bonds. The topological polar surface area (TPSA) is 32.3 Å². The summed E-state index contributed by atoms with van der Waals surface area (Å²) < 4.78 is 25.6. The van der Waals surface area contributed by atoms with Crippen LogP contribution in [0.15, 0.2) is 29.8 Å². The Morgan fingerprint density at radius 2 is 2.06 bits per heavy atom. The highest BCUT2D eigenvalue weighted by Crippen LogP contribution is 2.15. The fourth-order valence-electron chi connectivity index (χ4n) is 1.33. The molecule has 1 aromatic carbocycles. The van der Waals surface area contributed by atoms with Crippen LogP contribution in [0.4, 0.5) is 8.78 Å². The van der Waals surface area contributed by atoms with Crippen molar-refractivity contribution in [1.82, 2.24) is 5.32 Å². The van der Waals surface area contributed by atoms with E-state index >= 15 is 0 Å². The first kappa shape index (κ1) is 13.8. The van der Waals surface area contributed by atoms with Crippen molar-refractivity contribution in [2.45, 2.75) is 20.0 Å². The maximum absolute atomic E-state index is 12.9. The van der Waals surface area contributed by atoms with Crippen molar-refractivity contribution in [2.75, 3.05) is 13.1 Å². The molecule has 0 aliphatic heterocycles. The summed E-state index contributed by atoms with van der Waals surface area (Å²) in [5.74, 6) is -1.84. The molecule has 0 heterocycles. The highest BCUT2D eigenvalue weighted by atomic mass is 19.2. The van der Waals surface area contributed by atoms with Crippen LogP contribution in [-0.4, -0.2) is 18.2 Å². The van der Waals surface area contributed by atoms with Crippen molar-refractivity contribution >= 4 is 0 Å². The molecule has 0 spiro atoms. The molecule has 0 fully saturated rings. The van der Waals surface area contributed by atoms with E-state index in [9.17, 15) is 13.9 Å². The smallest absolute Gasteiger partial charge is 0.159 e. The van der Waals surface area contributed by atoms with Gasteiger partial charge < -0.3 is 10.4 Å². The standard InChI is InChI=1S/C13H17F2NO/c1-9(2)5-6-16-8-13(17)10-3-4-11(14)12(15)7-10/h3-5,7,13,16-17H,6,8H2,1-2H3. The van der Waals surface area contributed by atoms with E-state index < -0.39 is 17.7 Å². The van der Waals surface area contributed by atoms with Gasteiger partial charge in [0.15, 0.2) is 11.6 Å². The van der Waals surface area contributed by atoms with Gasteiger partial charge in [-0.25, -0.2) is 8.78 Å². The molecule has 0 saturated heterocycles. The van der Waals surface area contributed by atoms with Gasteiger partial charge in [-0.2, -0.15) is 0 Å². The molecule has 0 saturated carbocycles.